The molecule has 0 aliphatic rings. The lowest BCUT2D eigenvalue weighted by Crippen LogP contribution is -2.35. The second-order valence-corrected chi connectivity index (χ2v) is 2.64. The molecule has 1 aromatic rings. The van der Waals surface area contributed by atoms with E-state index in [1.807, 2.05) is 0 Å². The van der Waals surface area contributed by atoms with E-state index in [0.717, 1.165) is 0 Å². The van der Waals surface area contributed by atoms with Gasteiger partial charge in [0.15, 0.2) is 5.69 Å². The van der Waals surface area contributed by atoms with E-state index in [0.29, 0.717) is 5.75 Å². The summed E-state index contributed by atoms with van der Waals surface area (Å²) in [5.41, 5.74) is 5.11. The highest BCUT2D eigenvalue weighted by atomic mass is 35.5. The number of ether oxygens (including phenoxy) is 1. The van der Waals surface area contributed by atoms with Gasteiger partial charge >= 0.3 is 0 Å². The molecule has 3 N–H and O–H groups in total. The number of amides is 2. The largest absolute Gasteiger partial charge is 0.494 e. The minimum absolute atomic E-state index is 0. The van der Waals surface area contributed by atoms with E-state index in [-0.39, 0.29) is 24.6 Å². The summed E-state index contributed by atoms with van der Waals surface area (Å²) in [7, 11) is 1.42. The van der Waals surface area contributed by atoms with Gasteiger partial charge in [-0.05, 0) is 12.1 Å². The number of methoxy groups -OCH3 is 1. The molecular formula is C9H12ClN3O3. The first-order valence-corrected chi connectivity index (χ1v) is 4.22. The third kappa shape index (κ3) is 3.48. The van der Waals surface area contributed by atoms with Crippen LogP contribution in [0.25, 0.3) is 0 Å². The molecule has 0 spiro atoms. The van der Waals surface area contributed by atoms with Crippen molar-refractivity contribution >= 4 is 24.2 Å². The SMILES string of the molecule is COc1cccnc1C(=O)NC(=O)CN.Cl. The van der Waals surface area contributed by atoms with Crippen LogP contribution >= 0.6 is 12.4 Å². The highest BCUT2D eigenvalue weighted by Crippen LogP contribution is 2.13. The molecule has 1 heterocycles. The number of carbonyl (C=O) groups is 2. The van der Waals surface area contributed by atoms with Gasteiger partial charge in [-0.25, -0.2) is 4.98 Å². The van der Waals surface area contributed by atoms with E-state index in [9.17, 15) is 9.59 Å². The fourth-order valence-electron chi connectivity index (χ4n) is 0.963. The first-order valence-electron chi connectivity index (χ1n) is 4.22. The van der Waals surface area contributed by atoms with E-state index in [1.54, 1.807) is 12.1 Å². The van der Waals surface area contributed by atoms with Crippen LogP contribution in [-0.2, 0) is 4.79 Å². The van der Waals surface area contributed by atoms with Crippen LogP contribution in [0.5, 0.6) is 5.75 Å². The van der Waals surface area contributed by atoms with Gasteiger partial charge in [-0.15, -0.1) is 12.4 Å². The Balaban J connectivity index is 0.00000225. The maximum Gasteiger partial charge on any atom is 0.280 e. The molecule has 0 radical (unpaired) electrons. The average Bonchev–Trinajstić information content (AvgIpc) is 2.28. The summed E-state index contributed by atoms with van der Waals surface area (Å²) in [6.45, 7) is -0.249. The van der Waals surface area contributed by atoms with Gasteiger partial charge in [0.25, 0.3) is 5.91 Å². The fourth-order valence-corrected chi connectivity index (χ4v) is 0.963. The van der Waals surface area contributed by atoms with Crippen molar-refractivity contribution in [3.05, 3.63) is 24.0 Å². The lowest BCUT2D eigenvalue weighted by molar-refractivity contribution is -0.118. The summed E-state index contributed by atoms with van der Waals surface area (Å²) in [5, 5.41) is 2.08. The van der Waals surface area contributed by atoms with E-state index in [4.69, 9.17) is 10.5 Å². The zero-order valence-electron chi connectivity index (χ0n) is 8.60. The lowest BCUT2D eigenvalue weighted by Gasteiger charge is -2.05. The predicted molar refractivity (Wildman–Crippen MR) is 59.6 cm³/mol. The van der Waals surface area contributed by atoms with Gasteiger partial charge in [0.2, 0.25) is 5.91 Å². The van der Waals surface area contributed by atoms with Gasteiger partial charge in [0.1, 0.15) is 5.75 Å². The number of nitrogens with zero attached hydrogens (tertiary/aromatic N) is 1. The summed E-state index contributed by atoms with van der Waals surface area (Å²) in [4.78, 5) is 26.1. The van der Waals surface area contributed by atoms with Gasteiger partial charge in [0.05, 0.1) is 13.7 Å². The molecular weight excluding hydrogens is 234 g/mol. The normalized spacial score (nSPS) is 8.88. The van der Waals surface area contributed by atoms with E-state index >= 15 is 0 Å². The quantitative estimate of drug-likeness (QED) is 0.764. The predicted octanol–water partition coefficient (Wildman–Crippen LogP) is -0.273. The number of halogens is 1. The molecule has 0 unspecified atom stereocenters. The number of rotatable bonds is 3. The second-order valence-electron chi connectivity index (χ2n) is 2.64. The van der Waals surface area contributed by atoms with Gasteiger partial charge in [-0.3, -0.25) is 14.9 Å². The van der Waals surface area contributed by atoms with E-state index in [2.05, 4.69) is 10.3 Å². The molecule has 7 heteroatoms. The molecule has 2 amide bonds. The Labute approximate surface area is 98.6 Å². The van der Waals surface area contributed by atoms with Crippen LogP contribution in [0.4, 0.5) is 0 Å². The molecule has 0 aliphatic heterocycles. The zero-order chi connectivity index (χ0) is 11.3. The summed E-state index contributed by atoms with van der Waals surface area (Å²) in [6, 6.07) is 3.20. The maximum atomic E-state index is 11.5. The molecule has 0 saturated heterocycles. The summed E-state index contributed by atoms with van der Waals surface area (Å²) in [6.07, 6.45) is 1.43. The molecule has 0 aromatic carbocycles. The van der Waals surface area contributed by atoms with Gasteiger partial charge in [0, 0.05) is 6.20 Å². The molecule has 0 atom stereocenters. The number of carbonyl (C=O) groups excluding carboxylic acids is 2. The van der Waals surface area contributed by atoms with Gasteiger partial charge < -0.3 is 10.5 Å². The molecule has 16 heavy (non-hydrogen) atoms. The number of aromatic nitrogens is 1. The zero-order valence-corrected chi connectivity index (χ0v) is 9.41. The molecule has 0 aliphatic carbocycles. The highest BCUT2D eigenvalue weighted by molar-refractivity contribution is 6.05. The van der Waals surface area contributed by atoms with Crippen LogP contribution in [0.2, 0.25) is 0 Å². The Hall–Kier alpha value is -1.66. The molecule has 6 nitrogen and oxygen atoms in total. The maximum absolute atomic E-state index is 11.5. The number of nitrogens with one attached hydrogen (secondary N) is 1. The Morgan fingerprint density at radius 2 is 2.25 bits per heavy atom. The Bertz CT molecular complexity index is 384. The van der Waals surface area contributed by atoms with Crippen molar-refractivity contribution in [2.75, 3.05) is 13.7 Å². The Kier molecular flexibility index (Phi) is 6.06. The Morgan fingerprint density at radius 1 is 1.56 bits per heavy atom. The molecule has 0 bridgehead atoms. The van der Waals surface area contributed by atoms with Crippen molar-refractivity contribution in [3.8, 4) is 5.75 Å². The van der Waals surface area contributed by atoms with Crippen LogP contribution in [0, 0.1) is 0 Å². The molecule has 1 aromatic heterocycles. The third-order valence-electron chi connectivity index (χ3n) is 1.64. The first-order chi connectivity index (χ1) is 7.19. The highest BCUT2D eigenvalue weighted by Gasteiger charge is 2.14. The van der Waals surface area contributed by atoms with Crippen molar-refractivity contribution in [1.82, 2.24) is 10.3 Å². The molecule has 1 rings (SSSR count). The van der Waals surface area contributed by atoms with Crippen LogP contribution in [-0.4, -0.2) is 30.5 Å². The molecule has 88 valence electrons. The van der Waals surface area contributed by atoms with E-state index < -0.39 is 11.8 Å². The molecule has 0 fully saturated rings. The summed E-state index contributed by atoms with van der Waals surface area (Å²) in [5.74, 6) is -0.879. The van der Waals surface area contributed by atoms with Crippen molar-refractivity contribution < 1.29 is 14.3 Å². The van der Waals surface area contributed by atoms with Crippen LogP contribution in [0.15, 0.2) is 18.3 Å². The third-order valence-corrected chi connectivity index (χ3v) is 1.64. The number of pyridine rings is 1. The van der Waals surface area contributed by atoms with Crippen molar-refractivity contribution in [1.29, 1.82) is 0 Å². The van der Waals surface area contributed by atoms with Gasteiger partial charge in [-0.1, -0.05) is 0 Å². The van der Waals surface area contributed by atoms with Crippen molar-refractivity contribution in [3.63, 3.8) is 0 Å². The smallest absolute Gasteiger partial charge is 0.280 e. The van der Waals surface area contributed by atoms with Crippen LogP contribution < -0.4 is 15.8 Å². The number of imide groups is 1. The summed E-state index contributed by atoms with van der Waals surface area (Å²) < 4.78 is 4.92. The van der Waals surface area contributed by atoms with E-state index in [1.165, 1.54) is 13.3 Å². The van der Waals surface area contributed by atoms with Crippen LogP contribution in [0.1, 0.15) is 10.5 Å². The minimum atomic E-state index is -0.622. The molecule has 0 saturated carbocycles. The lowest BCUT2D eigenvalue weighted by atomic mass is 10.3. The monoisotopic (exact) mass is 245 g/mol. The van der Waals surface area contributed by atoms with Crippen molar-refractivity contribution in [2.24, 2.45) is 5.73 Å². The minimum Gasteiger partial charge on any atom is -0.494 e. The average molecular weight is 246 g/mol. The standard InChI is InChI=1S/C9H11N3O3.ClH/c1-15-6-3-2-4-11-8(6)9(14)12-7(13)5-10;/h2-4H,5,10H2,1H3,(H,12,13,14);1H. The summed E-state index contributed by atoms with van der Waals surface area (Å²) >= 11 is 0. The Morgan fingerprint density at radius 3 is 2.81 bits per heavy atom. The number of nitrogens with two attached hydrogens (primary N) is 1. The fraction of sp³-hybridized carbons (Fsp3) is 0.222. The van der Waals surface area contributed by atoms with Crippen LogP contribution in [0.3, 0.4) is 0 Å². The van der Waals surface area contributed by atoms with Gasteiger partial charge in [-0.2, -0.15) is 0 Å². The topological polar surface area (TPSA) is 94.3 Å². The number of hydrogen-bond donors (Lipinski definition) is 2. The van der Waals surface area contributed by atoms with Crippen molar-refractivity contribution in [2.45, 2.75) is 0 Å². The first kappa shape index (κ1) is 14.3. The number of hydrogen-bond acceptors (Lipinski definition) is 5. The second kappa shape index (κ2) is 6.76.